The lowest BCUT2D eigenvalue weighted by atomic mass is 10.1. The third kappa shape index (κ3) is 2.68. The van der Waals surface area contributed by atoms with Crippen LogP contribution in [0.15, 0.2) is 59.4 Å². The Balaban J connectivity index is 2.24. The minimum Gasteiger partial charge on any atom is -0.505 e. The van der Waals surface area contributed by atoms with Gasteiger partial charge in [-0.15, -0.1) is 0 Å². The molecule has 0 radical (unpaired) electrons. The smallest absolute Gasteiger partial charge is 0.283 e. The van der Waals surface area contributed by atoms with Gasteiger partial charge < -0.3 is 9.84 Å². The van der Waals surface area contributed by atoms with Crippen LogP contribution in [0.25, 0.3) is 16.8 Å². The summed E-state index contributed by atoms with van der Waals surface area (Å²) in [5.74, 6) is 0.578. The highest BCUT2D eigenvalue weighted by atomic mass is 16.5. The van der Waals surface area contributed by atoms with E-state index in [1.807, 2.05) is 18.2 Å². The molecule has 1 heterocycles. The maximum absolute atomic E-state index is 12.8. The number of methoxy groups -OCH3 is 1. The molecule has 0 atom stereocenters. The number of aromatic hydroxyl groups is 1. The lowest BCUT2D eigenvalue weighted by Crippen LogP contribution is -2.23. The highest BCUT2D eigenvalue weighted by molar-refractivity contribution is 5.70. The quantitative estimate of drug-likeness (QED) is 0.808. The summed E-state index contributed by atoms with van der Waals surface area (Å²) in [6.07, 6.45) is 0. The summed E-state index contributed by atoms with van der Waals surface area (Å²) < 4.78 is 6.42. The SMILES string of the molecule is COc1ccc(-c2c(O)c(C)nn(-c3ccccc3)c2=O)cc1. The van der Waals surface area contributed by atoms with E-state index >= 15 is 0 Å². The van der Waals surface area contributed by atoms with Crippen LogP contribution in [-0.4, -0.2) is 22.0 Å². The van der Waals surface area contributed by atoms with Crippen LogP contribution in [0.3, 0.4) is 0 Å². The van der Waals surface area contributed by atoms with Crippen molar-refractivity contribution in [2.75, 3.05) is 7.11 Å². The summed E-state index contributed by atoms with van der Waals surface area (Å²) in [6.45, 7) is 1.67. The zero-order valence-corrected chi connectivity index (χ0v) is 12.9. The second-order valence-electron chi connectivity index (χ2n) is 5.09. The molecule has 0 bridgehead atoms. The van der Waals surface area contributed by atoms with E-state index < -0.39 is 0 Å². The van der Waals surface area contributed by atoms with E-state index in [-0.39, 0.29) is 16.9 Å². The van der Waals surface area contributed by atoms with E-state index in [1.54, 1.807) is 50.4 Å². The fourth-order valence-corrected chi connectivity index (χ4v) is 2.39. The topological polar surface area (TPSA) is 64.3 Å². The molecule has 23 heavy (non-hydrogen) atoms. The maximum Gasteiger partial charge on any atom is 0.283 e. The van der Waals surface area contributed by atoms with Gasteiger partial charge in [-0.2, -0.15) is 9.78 Å². The molecule has 0 aliphatic heterocycles. The van der Waals surface area contributed by atoms with Crippen LogP contribution < -0.4 is 10.3 Å². The molecule has 5 heteroatoms. The summed E-state index contributed by atoms with van der Waals surface area (Å²) in [5, 5.41) is 14.5. The standard InChI is InChI=1S/C18H16N2O3/c1-12-17(21)16(13-8-10-15(23-2)11-9-13)18(22)20(19-12)14-6-4-3-5-7-14/h3-11,21H,1-2H3. The zero-order valence-electron chi connectivity index (χ0n) is 12.9. The molecular formula is C18H16N2O3. The molecule has 116 valence electrons. The van der Waals surface area contributed by atoms with Crippen LogP contribution in [0, 0.1) is 6.92 Å². The van der Waals surface area contributed by atoms with Crippen molar-refractivity contribution in [3.8, 4) is 28.3 Å². The third-order valence-corrected chi connectivity index (χ3v) is 3.62. The molecule has 0 amide bonds. The van der Waals surface area contributed by atoms with Gasteiger partial charge in [-0.3, -0.25) is 4.79 Å². The Labute approximate surface area is 133 Å². The van der Waals surface area contributed by atoms with Gasteiger partial charge in [0, 0.05) is 0 Å². The van der Waals surface area contributed by atoms with Crippen LogP contribution in [0.5, 0.6) is 11.5 Å². The van der Waals surface area contributed by atoms with Crippen LogP contribution in [-0.2, 0) is 0 Å². The number of ether oxygens (including phenoxy) is 1. The largest absolute Gasteiger partial charge is 0.505 e. The monoisotopic (exact) mass is 308 g/mol. The summed E-state index contributed by atoms with van der Waals surface area (Å²) >= 11 is 0. The van der Waals surface area contributed by atoms with Gasteiger partial charge in [-0.05, 0) is 36.8 Å². The van der Waals surface area contributed by atoms with Crippen molar-refractivity contribution in [1.29, 1.82) is 0 Å². The number of aromatic nitrogens is 2. The Morgan fingerprint density at radius 3 is 2.30 bits per heavy atom. The van der Waals surface area contributed by atoms with Crippen molar-refractivity contribution < 1.29 is 9.84 Å². The molecule has 2 aromatic carbocycles. The number of hydrogen-bond donors (Lipinski definition) is 1. The summed E-state index contributed by atoms with van der Waals surface area (Å²) in [4.78, 5) is 12.8. The van der Waals surface area contributed by atoms with E-state index in [4.69, 9.17) is 4.74 Å². The lowest BCUT2D eigenvalue weighted by Gasteiger charge is -2.12. The maximum atomic E-state index is 12.8. The van der Waals surface area contributed by atoms with E-state index in [2.05, 4.69) is 5.10 Å². The highest BCUT2D eigenvalue weighted by Gasteiger charge is 2.17. The first-order valence-corrected chi connectivity index (χ1v) is 7.14. The average molecular weight is 308 g/mol. The summed E-state index contributed by atoms with van der Waals surface area (Å²) in [6, 6.07) is 16.1. The van der Waals surface area contributed by atoms with Gasteiger partial charge in [0.05, 0.1) is 18.4 Å². The molecule has 0 aliphatic rings. The van der Waals surface area contributed by atoms with Crippen LogP contribution in [0.1, 0.15) is 5.69 Å². The van der Waals surface area contributed by atoms with Crippen molar-refractivity contribution in [1.82, 2.24) is 9.78 Å². The van der Waals surface area contributed by atoms with E-state index in [9.17, 15) is 9.90 Å². The van der Waals surface area contributed by atoms with E-state index in [0.717, 1.165) is 0 Å². The number of para-hydroxylation sites is 1. The Hall–Kier alpha value is -3.08. The predicted molar refractivity (Wildman–Crippen MR) is 88.2 cm³/mol. The average Bonchev–Trinajstić information content (AvgIpc) is 2.59. The van der Waals surface area contributed by atoms with Crippen molar-refractivity contribution in [2.45, 2.75) is 6.92 Å². The molecule has 0 saturated heterocycles. The fraction of sp³-hybridized carbons (Fsp3) is 0.111. The first-order chi connectivity index (χ1) is 11.1. The van der Waals surface area contributed by atoms with Gasteiger partial charge in [-0.25, -0.2) is 0 Å². The number of aryl methyl sites for hydroxylation is 1. The molecule has 1 N–H and O–H groups in total. The van der Waals surface area contributed by atoms with E-state index in [0.29, 0.717) is 22.7 Å². The number of nitrogens with zero attached hydrogens (tertiary/aromatic N) is 2. The Morgan fingerprint density at radius 1 is 1.04 bits per heavy atom. The van der Waals surface area contributed by atoms with Crippen molar-refractivity contribution in [2.24, 2.45) is 0 Å². The summed E-state index contributed by atoms with van der Waals surface area (Å²) in [7, 11) is 1.57. The third-order valence-electron chi connectivity index (χ3n) is 3.62. The van der Waals surface area contributed by atoms with Gasteiger partial charge >= 0.3 is 0 Å². The predicted octanol–water partition coefficient (Wildman–Crippen LogP) is 2.92. The molecule has 0 unspecified atom stereocenters. The second kappa shape index (κ2) is 5.96. The van der Waals surface area contributed by atoms with Crippen LogP contribution in [0.4, 0.5) is 0 Å². The van der Waals surface area contributed by atoms with Crippen molar-refractivity contribution in [3.63, 3.8) is 0 Å². The van der Waals surface area contributed by atoms with Gasteiger partial charge in [0.15, 0.2) is 5.75 Å². The number of hydrogen-bond acceptors (Lipinski definition) is 4. The number of rotatable bonds is 3. The highest BCUT2D eigenvalue weighted by Crippen LogP contribution is 2.29. The van der Waals surface area contributed by atoms with Crippen LogP contribution >= 0.6 is 0 Å². The van der Waals surface area contributed by atoms with Crippen molar-refractivity contribution >= 4 is 0 Å². The second-order valence-corrected chi connectivity index (χ2v) is 5.09. The van der Waals surface area contributed by atoms with E-state index in [1.165, 1.54) is 4.68 Å². The molecule has 0 aliphatic carbocycles. The van der Waals surface area contributed by atoms with Gasteiger partial charge in [0.2, 0.25) is 0 Å². The zero-order chi connectivity index (χ0) is 16.4. The molecular weight excluding hydrogens is 292 g/mol. The van der Waals surface area contributed by atoms with Crippen molar-refractivity contribution in [3.05, 3.63) is 70.6 Å². The normalized spacial score (nSPS) is 10.5. The Kier molecular flexibility index (Phi) is 3.85. The molecule has 0 saturated carbocycles. The fourth-order valence-electron chi connectivity index (χ4n) is 2.39. The molecule has 0 fully saturated rings. The van der Waals surface area contributed by atoms with Gasteiger partial charge in [0.1, 0.15) is 11.4 Å². The van der Waals surface area contributed by atoms with Gasteiger partial charge in [-0.1, -0.05) is 30.3 Å². The molecule has 3 aromatic rings. The first kappa shape index (κ1) is 14.8. The minimum absolute atomic E-state index is 0.104. The lowest BCUT2D eigenvalue weighted by molar-refractivity contribution is 0.415. The molecule has 5 nitrogen and oxygen atoms in total. The molecule has 3 rings (SSSR count). The minimum atomic E-state index is -0.371. The summed E-state index contributed by atoms with van der Waals surface area (Å²) in [5.41, 5.74) is 1.51. The Bertz CT molecular complexity index is 885. The van der Waals surface area contributed by atoms with Crippen LogP contribution in [0.2, 0.25) is 0 Å². The first-order valence-electron chi connectivity index (χ1n) is 7.14. The molecule has 0 spiro atoms. The van der Waals surface area contributed by atoms with Gasteiger partial charge in [0.25, 0.3) is 5.56 Å². The Morgan fingerprint density at radius 2 is 1.70 bits per heavy atom. The number of benzene rings is 2. The molecule has 1 aromatic heterocycles.